The third-order valence-corrected chi connectivity index (χ3v) is 4.26. The van der Waals surface area contributed by atoms with Crippen molar-refractivity contribution in [1.82, 2.24) is 10.2 Å². The van der Waals surface area contributed by atoms with Crippen molar-refractivity contribution in [3.05, 3.63) is 0 Å². The highest BCUT2D eigenvalue weighted by molar-refractivity contribution is 4.78. The van der Waals surface area contributed by atoms with E-state index in [2.05, 4.69) is 44.8 Å². The first kappa shape index (κ1) is 15.0. The molecule has 17 heavy (non-hydrogen) atoms. The van der Waals surface area contributed by atoms with Gasteiger partial charge in [0.15, 0.2) is 0 Å². The van der Waals surface area contributed by atoms with E-state index >= 15 is 0 Å². The molecular formula is C15H32N2. The normalized spacial score (nSPS) is 21.4. The van der Waals surface area contributed by atoms with E-state index in [9.17, 15) is 0 Å². The number of nitrogens with zero attached hydrogens (tertiary/aromatic N) is 1. The molecule has 2 heteroatoms. The second-order valence-electron chi connectivity index (χ2n) is 6.36. The van der Waals surface area contributed by atoms with Gasteiger partial charge < -0.3 is 10.2 Å². The van der Waals surface area contributed by atoms with Gasteiger partial charge in [-0.1, -0.05) is 27.7 Å². The Hall–Kier alpha value is -0.0800. The molecule has 1 saturated heterocycles. The maximum Gasteiger partial charge on any atom is 0.00790 e. The molecule has 1 rings (SSSR count). The maximum absolute atomic E-state index is 3.52. The van der Waals surface area contributed by atoms with Crippen molar-refractivity contribution >= 4 is 0 Å². The molecule has 0 aromatic rings. The van der Waals surface area contributed by atoms with E-state index in [1.54, 1.807) is 0 Å². The van der Waals surface area contributed by atoms with E-state index in [1.807, 2.05) is 0 Å². The Kier molecular flexibility index (Phi) is 6.50. The number of piperidine rings is 1. The Labute approximate surface area is 108 Å². The van der Waals surface area contributed by atoms with Crippen LogP contribution in [0.1, 0.15) is 53.9 Å². The number of nitrogens with one attached hydrogen (secondary N) is 1. The molecule has 1 fully saturated rings. The largest absolute Gasteiger partial charge is 0.314 e. The van der Waals surface area contributed by atoms with Gasteiger partial charge in [-0.25, -0.2) is 0 Å². The third-order valence-electron chi connectivity index (χ3n) is 4.26. The van der Waals surface area contributed by atoms with Crippen LogP contribution in [0.5, 0.6) is 0 Å². The molecule has 0 radical (unpaired) electrons. The molecule has 2 nitrogen and oxygen atoms in total. The summed E-state index contributed by atoms with van der Waals surface area (Å²) < 4.78 is 0. The minimum Gasteiger partial charge on any atom is -0.314 e. The summed E-state index contributed by atoms with van der Waals surface area (Å²) in [5.41, 5.74) is 0. The SMILES string of the molecule is CC(C)NCCC(C)N1CCC(C(C)C)CC1. The zero-order valence-corrected chi connectivity index (χ0v) is 12.5. The fraction of sp³-hybridized carbons (Fsp3) is 1.00. The highest BCUT2D eigenvalue weighted by Crippen LogP contribution is 2.25. The van der Waals surface area contributed by atoms with E-state index in [1.165, 1.54) is 32.4 Å². The molecule has 0 aliphatic carbocycles. The van der Waals surface area contributed by atoms with Gasteiger partial charge in [0.1, 0.15) is 0 Å². The lowest BCUT2D eigenvalue weighted by molar-refractivity contribution is 0.117. The van der Waals surface area contributed by atoms with Crippen LogP contribution in [0.2, 0.25) is 0 Å². The van der Waals surface area contributed by atoms with Crippen LogP contribution in [0.15, 0.2) is 0 Å². The van der Waals surface area contributed by atoms with Gasteiger partial charge in [0.05, 0.1) is 0 Å². The number of hydrogen-bond donors (Lipinski definition) is 1. The first-order valence-electron chi connectivity index (χ1n) is 7.48. The minimum atomic E-state index is 0.619. The van der Waals surface area contributed by atoms with Gasteiger partial charge in [0, 0.05) is 12.1 Å². The van der Waals surface area contributed by atoms with Crippen molar-refractivity contribution in [2.75, 3.05) is 19.6 Å². The first-order valence-corrected chi connectivity index (χ1v) is 7.48. The Bertz CT molecular complexity index is 193. The molecule has 0 amide bonds. The Morgan fingerprint density at radius 3 is 2.12 bits per heavy atom. The topological polar surface area (TPSA) is 15.3 Å². The molecule has 0 spiro atoms. The Morgan fingerprint density at radius 1 is 1.06 bits per heavy atom. The van der Waals surface area contributed by atoms with Crippen LogP contribution in [0.25, 0.3) is 0 Å². The fourth-order valence-electron chi connectivity index (χ4n) is 2.79. The number of likely N-dealkylation sites (tertiary alicyclic amines) is 1. The molecule has 1 aliphatic heterocycles. The van der Waals surface area contributed by atoms with Crippen LogP contribution < -0.4 is 5.32 Å². The molecule has 0 bridgehead atoms. The van der Waals surface area contributed by atoms with Crippen molar-refractivity contribution in [3.8, 4) is 0 Å². The molecule has 1 unspecified atom stereocenters. The van der Waals surface area contributed by atoms with Gasteiger partial charge in [-0.3, -0.25) is 0 Å². The van der Waals surface area contributed by atoms with E-state index in [0.29, 0.717) is 6.04 Å². The van der Waals surface area contributed by atoms with Crippen molar-refractivity contribution < 1.29 is 0 Å². The third kappa shape index (κ3) is 5.39. The first-order chi connectivity index (χ1) is 8.00. The summed E-state index contributed by atoms with van der Waals surface area (Å²) in [5.74, 6) is 1.84. The van der Waals surface area contributed by atoms with Gasteiger partial charge in [0.2, 0.25) is 0 Å². The molecular weight excluding hydrogens is 208 g/mol. The van der Waals surface area contributed by atoms with Crippen molar-refractivity contribution in [3.63, 3.8) is 0 Å². The Balaban J connectivity index is 2.19. The van der Waals surface area contributed by atoms with Gasteiger partial charge in [0.25, 0.3) is 0 Å². The van der Waals surface area contributed by atoms with Crippen LogP contribution in [0, 0.1) is 11.8 Å². The van der Waals surface area contributed by atoms with E-state index in [4.69, 9.17) is 0 Å². The highest BCUT2D eigenvalue weighted by atomic mass is 15.2. The molecule has 1 N–H and O–H groups in total. The van der Waals surface area contributed by atoms with Crippen molar-refractivity contribution in [1.29, 1.82) is 0 Å². The summed E-state index contributed by atoms with van der Waals surface area (Å²) in [4.78, 5) is 2.68. The summed E-state index contributed by atoms with van der Waals surface area (Å²) >= 11 is 0. The van der Waals surface area contributed by atoms with Gasteiger partial charge >= 0.3 is 0 Å². The maximum atomic E-state index is 3.52. The number of rotatable bonds is 6. The molecule has 102 valence electrons. The van der Waals surface area contributed by atoms with Crippen LogP contribution >= 0.6 is 0 Å². The summed E-state index contributed by atoms with van der Waals surface area (Å²) in [6.07, 6.45) is 4.09. The zero-order valence-electron chi connectivity index (χ0n) is 12.5. The fourth-order valence-corrected chi connectivity index (χ4v) is 2.79. The molecule has 0 saturated carbocycles. The lowest BCUT2D eigenvalue weighted by Gasteiger charge is -2.37. The molecule has 1 atom stereocenters. The Morgan fingerprint density at radius 2 is 1.65 bits per heavy atom. The molecule has 1 aliphatic rings. The smallest absolute Gasteiger partial charge is 0.00790 e. The monoisotopic (exact) mass is 240 g/mol. The lowest BCUT2D eigenvalue weighted by Crippen LogP contribution is -2.42. The van der Waals surface area contributed by atoms with Crippen LogP contribution in [-0.2, 0) is 0 Å². The van der Waals surface area contributed by atoms with Gasteiger partial charge in [-0.2, -0.15) is 0 Å². The lowest BCUT2D eigenvalue weighted by atomic mass is 9.86. The molecule has 0 aromatic carbocycles. The highest BCUT2D eigenvalue weighted by Gasteiger charge is 2.23. The summed E-state index contributed by atoms with van der Waals surface area (Å²) in [6.45, 7) is 15.3. The van der Waals surface area contributed by atoms with Gasteiger partial charge in [-0.15, -0.1) is 0 Å². The summed E-state index contributed by atoms with van der Waals surface area (Å²) in [6, 6.07) is 1.36. The minimum absolute atomic E-state index is 0.619. The van der Waals surface area contributed by atoms with E-state index < -0.39 is 0 Å². The van der Waals surface area contributed by atoms with Crippen LogP contribution in [0.3, 0.4) is 0 Å². The van der Waals surface area contributed by atoms with Crippen LogP contribution in [-0.4, -0.2) is 36.6 Å². The standard InChI is InChI=1S/C15H32N2/c1-12(2)15-7-10-17(11-8-15)14(5)6-9-16-13(3)4/h12-16H,6-11H2,1-5H3. The predicted octanol–water partition coefficient (Wildman–Crippen LogP) is 3.13. The second kappa shape index (κ2) is 7.38. The summed E-state index contributed by atoms with van der Waals surface area (Å²) in [5, 5.41) is 3.52. The second-order valence-corrected chi connectivity index (χ2v) is 6.36. The average Bonchev–Trinajstić information content (AvgIpc) is 2.28. The van der Waals surface area contributed by atoms with E-state index in [-0.39, 0.29) is 0 Å². The van der Waals surface area contributed by atoms with Crippen molar-refractivity contribution in [2.24, 2.45) is 11.8 Å². The molecule has 1 heterocycles. The van der Waals surface area contributed by atoms with E-state index in [0.717, 1.165) is 24.4 Å². The predicted molar refractivity (Wildman–Crippen MR) is 76.4 cm³/mol. The molecule has 0 aromatic heterocycles. The zero-order chi connectivity index (χ0) is 12.8. The van der Waals surface area contributed by atoms with Gasteiger partial charge in [-0.05, 0) is 57.7 Å². The van der Waals surface area contributed by atoms with Crippen molar-refractivity contribution in [2.45, 2.75) is 66.0 Å². The quantitative estimate of drug-likeness (QED) is 0.767. The summed E-state index contributed by atoms with van der Waals surface area (Å²) in [7, 11) is 0. The average molecular weight is 240 g/mol. The number of hydrogen-bond acceptors (Lipinski definition) is 2. The van der Waals surface area contributed by atoms with Crippen LogP contribution in [0.4, 0.5) is 0 Å².